The van der Waals surface area contributed by atoms with Crippen molar-refractivity contribution < 1.29 is 13.5 Å². The summed E-state index contributed by atoms with van der Waals surface area (Å²) in [5.41, 5.74) is 6.00. The second kappa shape index (κ2) is 3.72. The van der Waals surface area contributed by atoms with Gasteiger partial charge in [-0.1, -0.05) is 0 Å². The molecule has 0 bridgehead atoms. The molecule has 0 unspecified atom stereocenters. The van der Waals surface area contributed by atoms with Gasteiger partial charge in [0.25, 0.3) is 0 Å². The standard InChI is InChI=1S/C12H15N3O3S/c1-12(16)6-15(7-12)19(17,18)11-5-14-10-3-2-8(13)4-9(10)11/h2-5,14,16H,6-7,13H2,1H3. The minimum Gasteiger partial charge on any atom is -0.399 e. The van der Waals surface area contributed by atoms with E-state index in [0.717, 1.165) is 5.52 Å². The van der Waals surface area contributed by atoms with E-state index in [1.54, 1.807) is 25.1 Å². The van der Waals surface area contributed by atoms with Crippen LogP contribution in [0.15, 0.2) is 29.3 Å². The molecule has 0 amide bonds. The smallest absolute Gasteiger partial charge is 0.245 e. The molecule has 6 nitrogen and oxygen atoms in total. The van der Waals surface area contributed by atoms with E-state index in [1.165, 1.54) is 10.5 Å². The van der Waals surface area contributed by atoms with Gasteiger partial charge in [0.15, 0.2) is 0 Å². The maximum absolute atomic E-state index is 12.4. The fourth-order valence-corrected chi connectivity index (χ4v) is 4.18. The summed E-state index contributed by atoms with van der Waals surface area (Å²) in [7, 11) is -3.59. The number of benzene rings is 1. The summed E-state index contributed by atoms with van der Waals surface area (Å²) >= 11 is 0. The van der Waals surface area contributed by atoms with Crippen LogP contribution in [-0.4, -0.2) is 41.5 Å². The molecule has 0 aliphatic carbocycles. The first kappa shape index (κ1) is 12.5. The van der Waals surface area contributed by atoms with Crippen LogP contribution < -0.4 is 5.73 Å². The number of aliphatic hydroxyl groups is 1. The molecule has 1 fully saturated rings. The molecule has 0 spiro atoms. The average Bonchev–Trinajstić information content (AvgIpc) is 2.69. The van der Waals surface area contributed by atoms with Gasteiger partial charge in [0.1, 0.15) is 4.90 Å². The van der Waals surface area contributed by atoms with Crippen LogP contribution in [0.25, 0.3) is 10.9 Å². The quantitative estimate of drug-likeness (QED) is 0.698. The first-order valence-corrected chi connectivity index (χ1v) is 7.33. The molecule has 1 saturated heterocycles. The number of sulfonamides is 1. The summed E-state index contributed by atoms with van der Waals surface area (Å²) in [6.07, 6.45) is 1.46. The van der Waals surface area contributed by atoms with E-state index in [-0.39, 0.29) is 18.0 Å². The number of fused-ring (bicyclic) bond motifs is 1. The molecule has 0 saturated carbocycles. The highest BCUT2D eigenvalue weighted by atomic mass is 32.2. The highest BCUT2D eigenvalue weighted by molar-refractivity contribution is 7.89. The highest BCUT2D eigenvalue weighted by Gasteiger charge is 2.44. The number of rotatable bonds is 2. The maximum Gasteiger partial charge on any atom is 0.245 e. The van der Waals surface area contributed by atoms with E-state index < -0.39 is 15.6 Å². The van der Waals surface area contributed by atoms with E-state index in [0.29, 0.717) is 11.1 Å². The fourth-order valence-electron chi connectivity index (χ4n) is 2.35. The molecule has 1 aromatic carbocycles. The average molecular weight is 281 g/mol. The van der Waals surface area contributed by atoms with Crippen LogP contribution in [-0.2, 0) is 10.0 Å². The van der Waals surface area contributed by atoms with Gasteiger partial charge >= 0.3 is 0 Å². The van der Waals surface area contributed by atoms with Crippen molar-refractivity contribution in [3.05, 3.63) is 24.4 Å². The SMILES string of the molecule is CC1(O)CN(S(=O)(=O)c2c[nH]c3ccc(N)cc23)C1. The lowest BCUT2D eigenvalue weighted by Gasteiger charge is -2.42. The van der Waals surface area contributed by atoms with Gasteiger partial charge in [-0.2, -0.15) is 4.31 Å². The van der Waals surface area contributed by atoms with Crippen molar-refractivity contribution in [3.63, 3.8) is 0 Å². The maximum atomic E-state index is 12.4. The van der Waals surface area contributed by atoms with E-state index >= 15 is 0 Å². The lowest BCUT2D eigenvalue weighted by Crippen LogP contribution is -2.61. The number of H-pyrrole nitrogens is 1. The Balaban J connectivity index is 2.07. The van der Waals surface area contributed by atoms with Crippen molar-refractivity contribution in [2.75, 3.05) is 18.8 Å². The Hall–Kier alpha value is -1.57. The lowest BCUT2D eigenvalue weighted by atomic mass is 10.0. The molecule has 7 heteroatoms. The van der Waals surface area contributed by atoms with Crippen LogP contribution in [0.4, 0.5) is 5.69 Å². The molecular formula is C12H15N3O3S. The third kappa shape index (κ3) is 1.90. The fraction of sp³-hybridized carbons (Fsp3) is 0.333. The number of β-amino-alcohol motifs (C(OH)–C–C–N with tert-alkyl or cyclic N) is 1. The van der Waals surface area contributed by atoms with E-state index in [2.05, 4.69) is 4.98 Å². The van der Waals surface area contributed by atoms with Gasteiger partial charge in [0.2, 0.25) is 10.0 Å². The molecule has 19 heavy (non-hydrogen) atoms. The predicted octanol–water partition coefficient (Wildman–Crippen LogP) is 0.505. The molecule has 102 valence electrons. The molecule has 3 rings (SSSR count). The Labute approximate surface area is 110 Å². The number of anilines is 1. The normalized spacial score (nSPS) is 19.5. The summed E-state index contributed by atoms with van der Waals surface area (Å²) in [6.45, 7) is 1.85. The predicted molar refractivity (Wildman–Crippen MR) is 72.1 cm³/mol. The van der Waals surface area contributed by atoms with Gasteiger partial charge in [-0.15, -0.1) is 0 Å². The van der Waals surface area contributed by atoms with Crippen LogP contribution >= 0.6 is 0 Å². The van der Waals surface area contributed by atoms with Crippen LogP contribution in [0.2, 0.25) is 0 Å². The van der Waals surface area contributed by atoms with Crippen molar-refractivity contribution in [1.82, 2.24) is 9.29 Å². The summed E-state index contributed by atoms with van der Waals surface area (Å²) in [5, 5.41) is 10.2. The van der Waals surface area contributed by atoms with E-state index in [1.807, 2.05) is 0 Å². The summed E-state index contributed by atoms with van der Waals surface area (Å²) < 4.78 is 26.1. The lowest BCUT2D eigenvalue weighted by molar-refractivity contribution is -0.0426. The zero-order chi connectivity index (χ0) is 13.8. The largest absolute Gasteiger partial charge is 0.399 e. The number of nitrogens with zero attached hydrogens (tertiary/aromatic N) is 1. The molecule has 2 heterocycles. The number of nitrogen functional groups attached to an aromatic ring is 1. The summed E-state index contributed by atoms with van der Waals surface area (Å²) in [6, 6.07) is 5.09. The minimum atomic E-state index is -3.59. The molecule has 1 aliphatic rings. The van der Waals surface area contributed by atoms with Gasteiger partial charge in [-0.25, -0.2) is 8.42 Å². The van der Waals surface area contributed by atoms with Crippen molar-refractivity contribution in [2.45, 2.75) is 17.4 Å². The number of nitrogens with two attached hydrogens (primary N) is 1. The van der Waals surface area contributed by atoms with Gasteiger partial charge < -0.3 is 15.8 Å². The molecule has 1 aromatic heterocycles. The van der Waals surface area contributed by atoms with Crippen molar-refractivity contribution >= 4 is 26.6 Å². The van der Waals surface area contributed by atoms with Crippen LogP contribution in [0.3, 0.4) is 0 Å². The third-order valence-corrected chi connectivity index (χ3v) is 5.15. The number of hydrogen-bond acceptors (Lipinski definition) is 4. The minimum absolute atomic E-state index is 0.115. The Kier molecular flexibility index (Phi) is 2.44. The van der Waals surface area contributed by atoms with Gasteiger partial charge in [0.05, 0.1) is 5.60 Å². The van der Waals surface area contributed by atoms with Gasteiger partial charge in [0, 0.05) is 35.9 Å². The van der Waals surface area contributed by atoms with E-state index in [9.17, 15) is 13.5 Å². The second-order valence-electron chi connectivity index (χ2n) is 5.23. The van der Waals surface area contributed by atoms with Crippen molar-refractivity contribution in [2.24, 2.45) is 0 Å². The number of nitrogens with one attached hydrogen (secondary N) is 1. The molecular weight excluding hydrogens is 266 g/mol. The Morgan fingerprint density at radius 3 is 2.74 bits per heavy atom. The molecule has 2 aromatic rings. The first-order chi connectivity index (χ1) is 8.79. The molecule has 1 aliphatic heterocycles. The van der Waals surface area contributed by atoms with Gasteiger partial charge in [-0.05, 0) is 25.1 Å². The zero-order valence-electron chi connectivity index (χ0n) is 10.4. The van der Waals surface area contributed by atoms with Crippen LogP contribution in [0.1, 0.15) is 6.92 Å². The van der Waals surface area contributed by atoms with Crippen molar-refractivity contribution in [1.29, 1.82) is 0 Å². The molecule has 0 atom stereocenters. The third-order valence-electron chi connectivity index (χ3n) is 3.32. The Morgan fingerprint density at radius 2 is 2.11 bits per heavy atom. The van der Waals surface area contributed by atoms with Crippen molar-refractivity contribution in [3.8, 4) is 0 Å². The second-order valence-corrected chi connectivity index (χ2v) is 7.13. The highest BCUT2D eigenvalue weighted by Crippen LogP contribution is 2.32. The zero-order valence-corrected chi connectivity index (χ0v) is 11.2. The summed E-state index contributed by atoms with van der Waals surface area (Å²) in [4.78, 5) is 3.12. The first-order valence-electron chi connectivity index (χ1n) is 5.89. The van der Waals surface area contributed by atoms with Crippen LogP contribution in [0.5, 0.6) is 0 Å². The summed E-state index contributed by atoms with van der Waals surface area (Å²) in [5.74, 6) is 0. The number of aromatic amines is 1. The number of aromatic nitrogens is 1. The number of hydrogen-bond donors (Lipinski definition) is 3. The Bertz CT molecular complexity index is 741. The topological polar surface area (TPSA) is 99.4 Å². The van der Waals surface area contributed by atoms with E-state index in [4.69, 9.17) is 5.73 Å². The van der Waals surface area contributed by atoms with Gasteiger partial charge in [-0.3, -0.25) is 0 Å². The molecule has 0 radical (unpaired) electrons. The monoisotopic (exact) mass is 281 g/mol. The van der Waals surface area contributed by atoms with Crippen LogP contribution in [0, 0.1) is 0 Å². The Morgan fingerprint density at radius 1 is 1.42 bits per heavy atom. The molecule has 4 N–H and O–H groups in total.